The highest BCUT2D eigenvalue weighted by Gasteiger charge is 2.28. The summed E-state index contributed by atoms with van der Waals surface area (Å²) in [6.07, 6.45) is 1.67. The molecule has 0 unspecified atom stereocenters. The van der Waals surface area contributed by atoms with Crippen molar-refractivity contribution in [3.63, 3.8) is 0 Å². The van der Waals surface area contributed by atoms with Gasteiger partial charge in [-0.3, -0.25) is 14.9 Å². The van der Waals surface area contributed by atoms with Crippen LogP contribution in [0, 0.1) is 23.0 Å². The van der Waals surface area contributed by atoms with Crippen LogP contribution in [0.25, 0.3) is 0 Å². The summed E-state index contributed by atoms with van der Waals surface area (Å²) >= 11 is 0. The summed E-state index contributed by atoms with van der Waals surface area (Å²) in [7, 11) is -3.58. The van der Waals surface area contributed by atoms with E-state index in [4.69, 9.17) is 0 Å². The number of carbonyl (C=O) groups is 1. The summed E-state index contributed by atoms with van der Waals surface area (Å²) in [6, 6.07) is 10.2. The maximum absolute atomic E-state index is 12.8. The number of rotatable bonds is 5. The summed E-state index contributed by atoms with van der Waals surface area (Å²) in [6.45, 7) is 4.67. The highest BCUT2D eigenvalue weighted by Crippen LogP contribution is 2.26. The number of hydrogen-bond donors (Lipinski definition) is 1. The number of hydrogen-bond acceptors (Lipinski definition) is 5. The second-order valence-electron chi connectivity index (χ2n) is 7.27. The van der Waals surface area contributed by atoms with Gasteiger partial charge in [-0.2, -0.15) is 4.31 Å². The van der Waals surface area contributed by atoms with Gasteiger partial charge < -0.3 is 5.32 Å². The molecule has 1 fully saturated rings. The molecule has 2 aromatic rings. The third-order valence-electron chi connectivity index (χ3n) is 5.25. The molecule has 1 aliphatic heterocycles. The van der Waals surface area contributed by atoms with Crippen molar-refractivity contribution in [2.24, 2.45) is 5.92 Å². The Kier molecular flexibility index (Phi) is 5.99. The van der Waals surface area contributed by atoms with E-state index >= 15 is 0 Å². The summed E-state index contributed by atoms with van der Waals surface area (Å²) in [5, 5.41) is 13.7. The maximum atomic E-state index is 12.8. The minimum absolute atomic E-state index is 0.0832. The van der Waals surface area contributed by atoms with Crippen LogP contribution >= 0.6 is 0 Å². The van der Waals surface area contributed by atoms with E-state index < -0.39 is 20.9 Å². The lowest BCUT2D eigenvalue weighted by atomic mass is 10.0. The molecule has 0 saturated carbocycles. The van der Waals surface area contributed by atoms with Gasteiger partial charge in [0.1, 0.15) is 0 Å². The number of benzene rings is 2. The average molecular weight is 417 g/mol. The van der Waals surface area contributed by atoms with Crippen molar-refractivity contribution in [1.82, 2.24) is 4.31 Å². The van der Waals surface area contributed by atoms with Gasteiger partial charge in [-0.05, 0) is 56.0 Å². The van der Waals surface area contributed by atoms with Gasteiger partial charge in [0.15, 0.2) is 0 Å². The second kappa shape index (κ2) is 8.30. The van der Waals surface area contributed by atoms with Crippen LogP contribution in [0.3, 0.4) is 0 Å². The van der Waals surface area contributed by atoms with E-state index in [-0.39, 0.29) is 16.1 Å². The minimum Gasteiger partial charge on any atom is -0.321 e. The quantitative estimate of drug-likeness (QED) is 0.591. The monoisotopic (exact) mass is 417 g/mol. The summed E-state index contributed by atoms with van der Waals surface area (Å²) in [5.74, 6) is 0.0501. The molecule has 0 atom stereocenters. The molecule has 0 bridgehead atoms. The highest BCUT2D eigenvalue weighted by molar-refractivity contribution is 7.89. The largest absolute Gasteiger partial charge is 0.321 e. The van der Waals surface area contributed by atoms with E-state index in [9.17, 15) is 23.3 Å². The van der Waals surface area contributed by atoms with E-state index in [1.807, 2.05) is 0 Å². The molecule has 0 aliphatic carbocycles. The van der Waals surface area contributed by atoms with E-state index in [0.29, 0.717) is 30.3 Å². The molecule has 1 heterocycles. The standard InChI is InChI=1S/C20H23N3O5S/c1-14-10-12-22(13-11-14)29(27,28)17-8-6-16(7-9-17)20(24)21-18-4-3-5-19(15(18)2)23(25)26/h3-9,14H,10-13H2,1-2H3,(H,21,24). The Bertz CT molecular complexity index is 1030. The van der Waals surface area contributed by atoms with E-state index in [1.54, 1.807) is 13.0 Å². The van der Waals surface area contributed by atoms with Crippen LogP contribution < -0.4 is 5.32 Å². The van der Waals surface area contributed by atoms with Crippen molar-refractivity contribution in [2.75, 3.05) is 18.4 Å². The lowest BCUT2D eigenvalue weighted by molar-refractivity contribution is -0.385. The summed E-state index contributed by atoms with van der Waals surface area (Å²) in [5.41, 5.74) is 0.870. The number of piperidine rings is 1. The van der Waals surface area contributed by atoms with Gasteiger partial charge in [0.2, 0.25) is 10.0 Å². The van der Waals surface area contributed by atoms with Gasteiger partial charge in [0.25, 0.3) is 11.6 Å². The Morgan fingerprint density at radius 2 is 1.76 bits per heavy atom. The van der Waals surface area contributed by atoms with Crippen molar-refractivity contribution in [1.29, 1.82) is 0 Å². The summed E-state index contributed by atoms with van der Waals surface area (Å²) < 4.78 is 27.0. The number of nitrogens with zero attached hydrogens (tertiary/aromatic N) is 2. The predicted molar refractivity (Wildman–Crippen MR) is 109 cm³/mol. The van der Waals surface area contributed by atoms with Crippen molar-refractivity contribution >= 4 is 27.3 Å². The van der Waals surface area contributed by atoms with Gasteiger partial charge in [-0.25, -0.2) is 8.42 Å². The number of nitro benzene ring substituents is 1. The number of anilines is 1. The molecule has 29 heavy (non-hydrogen) atoms. The molecule has 1 N–H and O–H groups in total. The lowest BCUT2D eigenvalue weighted by Gasteiger charge is -2.29. The third-order valence-corrected chi connectivity index (χ3v) is 7.16. The second-order valence-corrected chi connectivity index (χ2v) is 9.21. The van der Waals surface area contributed by atoms with Crippen LogP contribution in [0.1, 0.15) is 35.7 Å². The fourth-order valence-corrected chi connectivity index (χ4v) is 4.77. The van der Waals surface area contributed by atoms with E-state index in [0.717, 1.165) is 12.8 Å². The maximum Gasteiger partial charge on any atom is 0.274 e. The minimum atomic E-state index is -3.58. The first-order chi connectivity index (χ1) is 13.7. The zero-order chi connectivity index (χ0) is 21.2. The van der Waals surface area contributed by atoms with Gasteiger partial charge in [-0.1, -0.05) is 13.0 Å². The third kappa shape index (κ3) is 4.46. The molecule has 0 radical (unpaired) electrons. The predicted octanol–water partition coefficient (Wildman–Crippen LogP) is 3.58. The Labute approximate surface area is 169 Å². The molecule has 1 aliphatic rings. The fourth-order valence-electron chi connectivity index (χ4n) is 3.30. The molecule has 3 rings (SSSR count). The Morgan fingerprint density at radius 3 is 2.34 bits per heavy atom. The molecule has 154 valence electrons. The molecule has 0 spiro atoms. The van der Waals surface area contributed by atoms with Gasteiger partial charge in [0, 0.05) is 24.7 Å². The first kappa shape index (κ1) is 20.9. The topological polar surface area (TPSA) is 110 Å². The number of nitrogens with one attached hydrogen (secondary N) is 1. The normalized spacial score (nSPS) is 15.8. The highest BCUT2D eigenvalue weighted by atomic mass is 32.2. The Morgan fingerprint density at radius 1 is 1.14 bits per heavy atom. The molecule has 1 saturated heterocycles. The van der Waals surface area contributed by atoms with Crippen LogP contribution in [0.5, 0.6) is 0 Å². The van der Waals surface area contributed by atoms with Crippen molar-refractivity contribution in [3.05, 3.63) is 63.7 Å². The van der Waals surface area contributed by atoms with E-state index in [2.05, 4.69) is 12.2 Å². The number of carbonyl (C=O) groups excluding carboxylic acids is 1. The molecule has 2 aromatic carbocycles. The number of nitro groups is 1. The van der Waals surface area contributed by atoms with Gasteiger partial charge in [-0.15, -0.1) is 0 Å². The first-order valence-electron chi connectivity index (χ1n) is 9.35. The van der Waals surface area contributed by atoms with Crippen molar-refractivity contribution in [3.8, 4) is 0 Å². The van der Waals surface area contributed by atoms with Crippen LogP contribution in [0.4, 0.5) is 11.4 Å². The fraction of sp³-hybridized carbons (Fsp3) is 0.350. The molecular formula is C20H23N3O5S. The van der Waals surface area contributed by atoms with Gasteiger partial charge in [0.05, 0.1) is 21.1 Å². The Hall–Kier alpha value is -2.78. The van der Waals surface area contributed by atoms with Gasteiger partial charge >= 0.3 is 0 Å². The molecule has 0 aromatic heterocycles. The van der Waals surface area contributed by atoms with Crippen molar-refractivity contribution < 1.29 is 18.1 Å². The smallest absolute Gasteiger partial charge is 0.274 e. The molecule has 9 heteroatoms. The number of amides is 1. The van der Waals surface area contributed by atoms with Crippen LogP contribution in [-0.2, 0) is 10.0 Å². The van der Waals surface area contributed by atoms with Crippen molar-refractivity contribution in [2.45, 2.75) is 31.6 Å². The number of sulfonamides is 1. The van der Waals surface area contributed by atoms with Crippen LogP contribution in [0.15, 0.2) is 47.4 Å². The zero-order valence-electron chi connectivity index (χ0n) is 16.3. The lowest BCUT2D eigenvalue weighted by Crippen LogP contribution is -2.37. The zero-order valence-corrected chi connectivity index (χ0v) is 17.1. The average Bonchev–Trinajstić information content (AvgIpc) is 2.69. The molecule has 1 amide bonds. The molecule has 8 nitrogen and oxygen atoms in total. The molecular weight excluding hydrogens is 394 g/mol. The van der Waals surface area contributed by atoms with Crippen LogP contribution in [-0.4, -0.2) is 36.6 Å². The van der Waals surface area contributed by atoms with Crippen LogP contribution in [0.2, 0.25) is 0 Å². The Balaban J connectivity index is 1.76. The first-order valence-corrected chi connectivity index (χ1v) is 10.8. The summed E-state index contributed by atoms with van der Waals surface area (Å²) in [4.78, 5) is 23.2. The SMILES string of the molecule is Cc1c(NC(=O)c2ccc(S(=O)(=O)N3CCC(C)CC3)cc2)cccc1[N+](=O)[O-]. The van der Waals surface area contributed by atoms with E-state index in [1.165, 1.54) is 40.7 Å².